The van der Waals surface area contributed by atoms with E-state index in [0.29, 0.717) is 18.2 Å². The summed E-state index contributed by atoms with van der Waals surface area (Å²) in [5.41, 5.74) is 0. The van der Waals surface area contributed by atoms with Crippen LogP contribution in [0.25, 0.3) is 0 Å². The van der Waals surface area contributed by atoms with E-state index in [1.807, 2.05) is 12.4 Å². The molecule has 0 N–H and O–H groups in total. The quantitative estimate of drug-likeness (QED) is 0.728. The van der Waals surface area contributed by atoms with Crippen molar-refractivity contribution in [3.05, 3.63) is 18.2 Å². The van der Waals surface area contributed by atoms with Crippen molar-refractivity contribution in [2.75, 3.05) is 13.1 Å². The van der Waals surface area contributed by atoms with Crippen LogP contribution < -0.4 is 0 Å². The van der Waals surface area contributed by atoms with Crippen molar-refractivity contribution < 1.29 is 4.79 Å². The molecule has 0 saturated heterocycles. The summed E-state index contributed by atoms with van der Waals surface area (Å²) in [5, 5.41) is 0. The number of Topliss-reactive ketones (excluding diaryl/α,β-unsaturated/α-hetero) is 1. The molecule has 4 heteroatoms. The van der Waals surface area contributed by atoms with E-state index in [1.165, 1.54) is 0 Å². The third-order valence-electron chi connectivity index (χ3n) is 3.24. The van der Waals surface area contributed by atoms with Crippen molar-refractivity contribution in [3.63, 3.8) is 0 Å². The molecule has 1 aliphatic carbocycles. The second-order valence-corrected chi connectivity index (χ2v) is 4.49. The summed E-state index contributed by atoms with van der Waals surface area (Å²) in [6.45, 7) is 3.39. The smallest absolute Gasteiger partial charge is 0.149 e. The molecular weight excluding hydrogens is 190 g/mol. The molecule has 0 bridgehead atoms. The van der Waals surface area contributed by atoms with Gasteiger partial charge in [0.05, 0.1) is 13.1 Å². The van der Waals surface area contributed by atoms with Crippen LogP contribution >= 0.6 is 0 Å². The highest BCUT2D eigenvalue weighted by Gasteiger charge is 2.31. The number of hydrogen-bond acceptors (Lipinski definition) is 3. The number of imidazole rings is 1. The van der Waals surface area contributed by atoms with E-state index < -0.39 is 0 Å². The molecule has 0 spiro atoms. The zero-order valence-corrected chi connectivity index (χ0v) is 8.72. The predicted molar refractivity (Wildman–Crippen MR) is 55.2 cm³/mol. The van der Waals surface area contributed by atoms with Crippen LogP contribution in [0.5, 0.6) is 0 Å². The molecule has 15 heavy (non-hydrogen) atoms. The Labute approximate surface area is 88.9 Å². The van der Waals surface area contributed by atoms with Crippen LogP contribution in [0.3, 0.4) is 0 Å². The molecule has 1 fully saturated rings. The van der Waals surface area contributed by atoms with Gasteiger partial charge in [0.1, 0.15) is 11.6 Å². The van der Waals surface area contributed by atoms with Gasteiger partial charge in [0.25, 0.3) is 0 Å². The first-order valence-electron chi connectivity index (χ1n) is 5.58. The average molecular weight is 205 g/mol. The van der Waals surface area contributed by atoms with Gasteiger partial charge in [-0.25, -0.2) is 4.98 Å². The number of rotatable bonds is 3. The van der Waals surface area contributed by atoms with Gasteiger partial charge in [-0.1, -0.05) is 0 Å². The highest BCUT2D eigenvalue weighted by atomic mass is 16.1. The fourth-order valence-corrected chi connectivity index (χ4v) is 2.11. The summed E-state index contributed by atoms with van der Waals surface area (Å²) in [6, 6.07) is 0. The van der Waals surface area contributed by atoms with Gasteiger partial charge in [-0.3, -0.25) is 9.69 Å². The average Bonchev–Trinajstić information content (AvgIpc) is 2.98. The van der Waals surface area contributed by atoms with Gasteiger partial charge in [-0.15, -0.1) is 0 Å². The number of aromatic nitrogens is 2. The lowest BCUT2D eigenvalue weighted by Crippen LogP contribution is -2.37. The molecule has 0 atom stereocenters. The van der Waals surface area contributed by atoms with E-state index >= 15 is 0 Å². The Bertz CT molecular complexity index is 381. The van der Waals surface area contributed by atoms with Gasteiger partial charge in [0.2, 0.25) is 0 Å². The Morgan fingerprint density at radius 3 is 3.13 bits per heavy atom. The molecule has 0 aromatic carbocycles. The Balaban J connectivity index is 1.63. The van der Waals surface area contributed by atoms with Gasteiger partial charge in [-0.05, 0) is 12.8 Å². The molecule has 4 nitrogen and oxygen atoms in total. The lowest BCUT2D eigenvalue weighted by molar-refractivity contribution is -0.121. The second-order valence-electron chi connectivity index (χ2n) is 4.49. The number of fused-ring (bicyclic) bond motifs is 1. The van der Waals surface area contributed by atoms with E-state index in [9.17, 15) is 4.79 Å². The fourth-order valence-electron chi connectivity index (χ4n) is 2.11. The minimum atomic E-state index is 0.381. The van der Waals surface area contributed by atoms with Gasteiger partial charge in [-0.2, -0.15) is 0 Å². The Morgan fingerprint density at radius 1 is 1.47 bits per heavy atom. The van der Waals surface area contributed by atoms with Crippen molar-refractivity contribution >= 4 is 5.78 Å². The molecule has 1 saturated carbocycles. The van der Waals surface area contributed by atoms with Crippen LogP contribution in [0, 0.1) is 5.92 Å². The molecule has 1 aromatic heterocycles. The molecule has 3 rings (SSSR count). The summed E-state index contributed by atoms with van der Waals surface area (Å²) in [7, 11) is 0. The number of ketones is 1. The zero-order chi connectivity index (χ0) is 10.3. The fraction of sp³-hybridized carbons (Fsp3) is 0.636. The van der Waals surface area contributed by atoms with Crippen molar-refractivity contribution in [2.45, 2.75) is 25.9 Å². The molecule has 1 aromatic rings. The normalized spacial score (nSPS) is 21.3. The van der Waals surface area contributed by atoms with Crippen LogP contribution in [0.2, 0.25) is 0 Å². The third kappa shape index (κ3) is 1.81. The van der Waals surface area contributed by atoms with Crippen molar-refractivity contribution in [1.82, 2.24) is 14.5 Å². The van der Waals surface area contributed by atoms with Crippen molar-refractivity contribution in [2.24, 2.45) is 5.92 Å². The van der Waals surface area contributed by atoms with E-state index in [0.717, 1.165) is 38.3 Å². The molecule has 2 heterocycles. The maximum atomic E-state index is 11.7. The summed E-state index contributed by atoms with van der Waals surface area (Å²) >= 11 is 0. The van der Waals surface area contributed by atoms with Crippen LogP contribution in [0.4, 0.5) is 0 Å². The Kier molecular flexibility index (Phi) is 2.09. The summed E-state index contributed by atoms with van der Waals surface area (Å²) < 4.78 is 2.16. The van der Waals surface area contributed by atoms with Crippen molar-refractivity contribution in [1.29, 1.82) is 0 Å². The first-order chi connectivity index (χ1) is 7.33. The van der Waals surface area contributed by atoms with Crippen LogP contribution in [-0.2, 0) is 17.9 Å². The van der Waals surface area contributed by atoms with Gasteiger partial charge in [0, 0.05) is 31.4 Å². The summed E-state index contributed by atoms with van der Waals surface area (Å²) in [6.07, 6.45) is 6.07. The minimum Gasteiger partial charge on any atom is -0.333 e. The maximum absolute atomic E-state index is 11.7. The molecule has 2 aliphatic rings. The first-order valence-corrected chi connectivity index (χ1v) is 5.58. The Hall–Kier alpha value is -1.16. The highest BCUT2D eigenvalue weighted by Crippen LogP contribution is 2.30. The number of carbonyl (C=O) groups is 1. The van der Waals surface area contributed by atoms with Crippen LogP contribution in [-0.4, -0.2) is 33.3 Å². The van der Waals surface area contributed by atoms with Gasteiger partial charge >= 0.3 is 0 Å². The molecule has 0 amide bonds. The second kappa shape index (κ2) is 3.45. The monoisotopic (exact) mass is 205 g/mol. The zero-order valence-electron chi connectivity index (χ0n) is 8.72. The molecular formula is C11H15N3O. The largest absolute Gasteiger partial charge is 0.333 e. The third-order valence-corrected chi connectivity index (χ3v) is 3.24. The van der Waals surface area contributed by atoms with E-state index in [2.05, 4.69) is 14.5 Å². The van der Waals surface area contributed by atoms with E-state index in [1.54, 1.807) is 0 Å². The van der Waals surface area contributed by atoms with Gasteiger partial charge in [0.15, 0.2) is 0 Å². The van der Waals surface area contributed by atoms with Crippen molar-refractivity contribution in [3.8, 4) is 0 Å². The first kappa shape index (κ1) is 9.09. The maximum Gasteiger partial charge on any atom is 0.149 e. The predicted octanol–water partition coefficient (Wildman–Crippen LogP) is 0.678. The summed E-state index contributed by atoms with van der Waals surface area (Å²) in [5.74, 6) is 1.89. The lowest BCUT2D eigenvalue weighted by Gasteiger charge is -2.26. The minimum absolute atomic E-state index is 0.381. The van der Waals surface area contributed by atoms with Gasteiger partial charge < -0.3 is 4.57 Å². The van der Waals surface area contributed by atoms with E-state index in [4.69, 9.17) is 0 Å². The highest BCUT2D eigenvalue weighted by molar-refractivity contribution is 5.84. The van der Waals surface area contributed by atoms with Crippen LogP contribution in [0.1, 0.15) is 18.7 Å². The lowest BCUT2D eigenvalue weighted by atomic mass is 10.2. The SMILES string of the molecule is O=C(CN1CCn2ccnc2C1)C1CC1. The molecule has 80 valence electrons. The summed E-state index contributed by atoms with van der Waals surface area (Å²) in [4.78, 5) is 18.2. The molecule has 1 aliphatic heterocycles. The molecule has 0 radical (unpaired) electrons. The standard InChI is InChI=1S/C11H15N3O/c15-10(9-1-2-9)7-13-5-6-14-4-3-12-11(14)8-13/h3-4,9H,1-2,5-8H2. The number of nitrogens with zero attached hydrogens (tertiary/aromatic N) is 3. The number of hydrogen-bond donors (Lipinski definition) is 0. The topological polar surface area (TPSA) is 38.1 Å². The Morgan fingerprint density at radius 2 is 2.33 bits per heavy atom. The van der Waals surface area contributed by atoms with Crippen LogP contribution in [0.15, 0.2) is 12.4 Å². The number of carbonyl (C=O) groups excluding carboxylic acids is 1. The molecule has 0 unspecified atom stereocenters. The van der Waals surface area contributed by atoms with E-state index in [-0.39, 0.29) is 0 Å².